The number of carboxylic acid groups (broad SMARTS) is 1. The van der Waals surface area contributed by atoms with Gasteiger partial charge in [-0.2, -0.15) is 0 Å². The van der Waals surface area contributed by atoms with Gasteiger partial charge in [0.05, 0.1) is 0 Å². The summed E-state index contributed by atoms with van der Waals surface area (Å²) in [6, 6.07) is 5.36. The van der Waals surface area contributed by atoms with Crippen molar-refractivity contribution in [3.8, 4) is 0 Å². The van der Waals surface area contributed by atoms with E-state index in [1.807, 2.05) is 18.0 Å². The summed E-state index contributed by atoms with van der Waals surface area (Å²) >= 11 is 0. The van der Waals surface area contributed by atoms with Gasteiger partial charge in [0.25, 0.3) is 0 Å². The number of carbonyl (C=O) groups is 1. The molecule has 16 heavy (non-hydrogen) atoms. The second-order valence-corrected chi connectivity index (χ2v) is 4.28. The maximum atomic E-state index is 10.8. The number of anilines is 1. The zero-order valence-electron chi connectivity index (χ0n) is 10.1. The molecule has 0 saturated heterocycles. The molecule has 4 heteroatoms. The Morgan fingerprint density at radius 3 is 2.50 bits per heavy atom. The van der Waals surface area contributed by atoms with Crippen LogP contribution < -0.4 is 4.90 Å². The van der Waals surface area contributed by atoms with Crippen molar-refractivity contribution in [2.45, 2.75) is 26.8 Å². The Labute approximate surface area is 95.9 Å². The first kappa shape index (κ1) is 12.5. The fourth-order valence-corrected chi connectivity index (χ4v) is 1.39. The van der Waals surface area contributed by atoms with Gasteiger partial charge in [-0.05, 0) is 25.0 Å². The van der Waals surface area contributed by atoms with Gasteiger partial charge in [-0.3, -0.25) is 0 Å². The standard InChI is InChI=1S/C12H18N2O2/c1-8(2)9(3)14(4)11-7-5-6-10(13-11)12(15)16/h5-9H,1-4H3,(H,15,16). The van der Waals surface area contributed by atoms with E-state index in [0.717, 1.165) is 0 Å². The van der Waals surface area contributed by atoms with Gasteiger partial charge in [0, 0.05) is 13.1 Å². The average molecular weight is 222 g/mol. The van der Waals surface area contributed by atoms with Crippen LogP contribution in [0.25, 0.3) is 0 Å². The number of pyridine rings is 1. The first-order chi connectivity index (χ1) is 7.43. The van der Waals surface area contributed by atoms with E-state index >= 15 is 0 Å². The lowest BCUT2D eigenvalue weighted by molar-refractivity contribution is 0.0690. The Balaban J connectivity index is 2.95. The highest BCUT2D eigenvalue weighted by Crippen LogP contribution is 2.17. The van der Waals surface area contributed by atoms with Crippen LogP contribution >= 0.6 is 0 Å². The Kier molecular flexibility index (Phi) is 3.88. The highest BCUT2D eigenvalue weighted by atomic mass is 16.4. The maximum absolute atomic E-state index is 10.8. The predicted molar refractivity (Wildman–Crippen MR) is 63.9 cm³/mol. The first-order valence-corrected chi connectivity index (χ1v) is 5.36. The fraction of sp³-hybridized carbons (Fsp3) is 0.500. The first-order valence-electron chi connectivity index (χ1n) is 5.36. The fourth-order valence-electron chi connectivity index (χ4n) is 1.39. The van der Waals surface area contributed by atoms with Crippen LogP contribution in [0, 0.1) is 5.92 Å². The number of aromatic nitrogens is 1. The highest BCUT2D eigenvalue weighted by molar-refractivity contribution is 5.85. The van der Waals surface area contributed by atoms with Gasteiger partial charge in [0.15, 0.2) is 5.69 Å². The molecule has 1 aromatic heterocycles. The number of hydrogen-bond donors (Lipinski definition) is 1. The normalized spacial score (nSPS) is 12.6. The van der Waals surface area contributed by atoms with Crippen molar-refractivity contribution in [3.05, 3.63) is 23.9 Å². The molecule has 0 amide bonds. The number of hydrogen-bond acceptors (Lipinski definition) is 3. The lowest BCUT2D eigenvalue weighted by Crippen LogP contribution is -2.33. The molecule has 1 unspecified atom stereocenters. The molecule has 0 aliphatic rings. The van der Waals surface area contributed by atoms with Crippen LogP contribution in [0.1, 0.15) is 31.3 Å². The Morgan fingerprint density at radius 2 is 2.00 bits per heavy atom. The van der Waals surface area contributed by atoms with E-state index in [0.29, 0.717) is 17.8 Å². The van der Waals surface area contributed by atoms with E-state index in [4.69, 9.17) is 5.11 Å². The van der Waals surface area contributed by atoms with Crippen molar-refractivity contribution in [3.63, 3.8) is 0 Å². The van der Waals surface area contributed by atoms with E-state index in [1.165, 1.54) is 6.07 Å². The molecule has 1 aromatic rings. The number of nitrogens with zero attached hydrogens (tertiary/aromatic N) is 2. The molecule has 0 aliphatic carbocycles. The molecule has 1 heterocycles. The van der Waals surface area contributed by atoms with Gasteiger partial charge in [-0.1, -0.05) is 19.9 Å². The van der Waals surface area contributed by atoms with E-state index in [-0.39, 0.29) is 5.69 Å². The number of rotatable bonds is 4. The minimum absolute atomic E-state index is 0.0836. The molecule has 0 saturated carbocycles. The molecular weight excluding hydrogens is 204 g/mol. The molecule has 1 N–H and O–H groups in total. The lowest BCUT2D eigenvalue weighted by Gasteiger charge is -2.29. The number of aromatic carboxylic acids is 1. The van der Waals surface area contributed by atoms with E-state index in [2.05, 4.69) is 25.8 Å². The largest absolute Gasteiger partial charge is 0.477 e. The highest BCUT2D eigenvalue weighted by Gasteiger charge is 2.15. The second-order valence-electron chi connectivity index (χ2n) is 4.28. The van der Waals surface area contributed by atoms with Crippen LogP contribution in [-0.4, -0.2) is 29.1 Å². The zero-order valence-corrected chi connectivity index (χ0v) is 10.1. The van der Waals surface area contributed by atoms with Gasteiger partial charge in [-0.25, -0.2) is 9.78 Å². The monoisotopic (exact) mass is 222 g/mol. The third kappa shape index (κ3) is 2.72. The minimum atomic E-state index is -0.993. The lowest BCUT2D eigenvalue weighted by atomic mass is 10.1. The van der Waals surface area contributed by atoms with Crippen LogP contribution in [0.5, 0.6) is 0 Å². The average Bonchev–Trinajstić information content (AvgIpc) is 2.27. The van der Waals surface area contributed by atoms with Crippen molar-refractivity contribution < 1.29 is 9.90 Å². The van der Waals surface area contributed by atoms with Crippen LogP contribution in [0.4, 0.5) is 5.82 Å². The topological polar surface area (TPSA) is 53.4 Å². The SMILES string of the molecule is CC(C)C(C)N(C)c1cccc(C(=O)O)n1. The summed E-state index contributed by atoms with van der Waals surface area (Å²) in [5.74, 6) is 0.189. The molecule has 88 valence electrons. The van der Waals surface area contributed by atoms with Gasteiger partial charge in [0.1, 0.15) is 5.82 Å². The van der Waals surface area contributed by atoms with Crippen LogP contribution in [0.2, 0.25) is 0 Å². The van der Waals surface area contributed by atoms with Crippen molar-refractivity contribution in [2.24, 2.45) is 5.92 Å². The Hall–Kier alpha value is -1.58. The smallest absolute Gasteiger partial charge is 0.354 e. The van der Waals surface area contributed by atoms with E-state index < -0.39 is 5.97 Å². The Bertz CT molecular complexity index is 377. The number of carboxylic acids is 1. The predicted octanol–water partition coefficient (Wildman–Crippen LogP) is 2.26. The molecule has 4 nitrogen and oxygen atoms in total. The summed E-state index contributed by atoms with van der Waals surface area (Å²) in [5.41, 5.74) is 0.0836. The summed E-state index contributed by atoms with van der Waals surface area (Å²) in [6.07, 6.45) is 0. The Morgan fingerprint density at radius 1 is 1.38 bits per heavy atom. The summed E-state index contributed by atoms with van der Waals surface area (Å²) in [7, 11) is 1.93. The third-order valence-corrected chi connectivity index (χ3v) is 2.89. The molecular formula is C12H18N2O2. The molecule has 0 radical (unpaired) electrons. The van der Waals surface area contributed by atoms with Crippen molar-refractivity contribution in [1.29, 1.82) is 0 Å². The van der Waals surface area contributed by atoms with Gasteiger partial charge >= 0.3 is 5.97 Å². The van der Waals surface area contributed by atoms with Gasteiger partial charge < -0.3 is 10.0 Å². The summed E-state index contributed by atoms with van der Waals surface area (Å²) in [5, 5.41) is 8.86. The summed E-state index contributed by atoms with van der Waals surface area (Å²) in [6.45, 7) is 6.35. The molecule has 1 rings (SSSR count). The van der Waals surface area contributed by atoms with E-state index in [9.17, 15) is 4.79 Å². The summed E-state index contributed by atoms with van der Waals surface area (Å²) in [4.78, 5) is 16.9. The van der Waals surface area contributed by atoms with Crippen LogP contribution in [-0.2, 0) is 0 Å². The minimum Gasteiger partial charge on any atom is -0.477 e. The van der Waals surface area contributed by atoms with Crippen LogP contribution in [0.15, 0.2) is 18.2 Å². The second kappa shape index (κ2) is 4.96. The molecule has 0 bridgehead atoms. The molecule has 0 spiro atoms. The molecule has 0 fully saturated rings. The van der Waals surface area contributed by atoms with E-state index in [1.54, 1.807) is 6.07 Å². The summed E-state index contributed by atoms with van der Waals surface area (Å²) < 4.78 is 0. The van der Waals surface area contributed by atoms with Crippen molar-refractivity contribution >= 4 is 11.8 Å². The molecule has 0 aliphatic heterocycles. The molecule has 1 atom stereocenters. The van der Waals surface area contributed by atoms with Crippen LogP contribution in [0.3, 0.4) is 0 Å². The quantitative estimate of drug-likeness (QED) is 0.849. The third-order valence-electron chi connectivity index (χ3n) is 2.89. The maximum Gasteiger partial charge on any atom is 0.354 e. The van der Waals surface area contributed by atoms with Crippen molar-refractivity contribution in [1.82, 2.24) is 4.98 Å². The van der Waals surface area contributed by atoms with Gasteiger partial charge in [-0.15, -0.1) is 0 Å². The molecule has 0 aromatic carbocycles. The van der Waals surface area contributed by atoms with Gasteiger partial charge in [0.2, 0.25) is 0 Å². The zero-order chi connectivity index (χ0) is 12.3. The van der Waals surface area contributed by atoms with Crippen molar-refractivity contribution in [2.75, 3.05) is 11.9 Å².